The van der Waals surface area contributed by atoms with Crippen molar-refractivity contribution in [1.29, 1.82) is 0 Å². The molecule has 2 rings (SSSR count). The molecule has 0 aliphatic heterocycles. The average molecular weight is 490 g/mol. The molecule has 1 N–H and O–H groups in total. The summed E-state index contributed by atoms with van der Waals surface area (Å²) in [6, 6.07) is 10.9. The van der Waals surface area contributed by atoms with Crippen LogP contribution in [0.3, 0.4) is 0 Å². The predicted molar refractivity (Wildman–Crippen MR) is 102 cm³/mol. The smallest absolute Gasteiger partial charge is 0.324 e. The number of hydrogen-bond donors (Lipinski definition) is 1. The number of halogens is 1. The fourth-order valence-electron chi connectivity index (χ4n) is 2.26. The van der Waals surface area contributed by atoms with Crippen LogP contribution in [0.5, 0.6) is 0 Å². The number of benzene rings is 2. The lowest BCUT2D eigenvalue weighted by atomic mass is 10.1. The zero-order valence-corrected chi connectivity index (χ0v) is 16.6. The van der Waals surface area contributed by atoms with E-state index < -0.39 is 37.5 Å². The number of esters is 1. The van der Waals surface area contributed by atoms with Gasteiger partial charge in [0.2, 0.25) is 10.0 Å². The highest BCUT2D eigenvalue weighted by atomic mass is 127. The minimum absolute atomic E-state index is 0.0451. The highest BCUT2D eigenvalue weighted by Gasteiger charge is 2.31. The number of carbonyl (C=O) groups is 1. The fourth-order valence-corrected chi connectivity index (χ4v) is 3.97. The number of sulfonamides is 1. The number of nitro benzene ring substituents is 1. The van der Waals surface area contributed by atoms with E-state index in [0.29, 0.717) is 5.56 Å². The highest BCUT2D eigenvalue weighted by molar-refractivity contribution is 14.1. The van der Waals surface area contributed by atoms with Gasteiger partial charge in [0.1, 0.15) is 6.04 Å². The van der Waals surface area contributed by atoms with Crippen molar-refractivity contribution in [2.75, 3.05) is 7.11 Å². The summed E-state index contributed by atoms with van der Waals surface area (Å²) in [6.07, 6.45) is 0.0451. The van der Waals surface area contributed by atoms with Crippen molar-refractivity contribution in [3.8, 4) is 0 Å². The maximum absolute atomic E-state index is 12.6. The normalized spacial score (nSPS) is 12.4. The number of rotatable bonds is 7. The summed E-state index contributed by atoms with van der Waals surface area (Å²) >= 11 is 2.12. The van der Waals surface area contributed by atoms with Crippen molar-refractivity contribution in [2.24, 2.45) is 0 Å². The molecule has 0 saturated heterocycles. The maximum Gasteiger partial charge on any atom is 0.324 e. The van der Waals surface area contributed by atoms with Gasteiger partial charge in [-0.25, -0.2) is 8.42 Å². The molecular formula is C16H15IN2O6S. The third kappa shape index (κ3) is 4.99. The molecule has 0 bridgehead atoms. The second-order valence-corrected chi connectivity index (χ2v) is 8.18. The van der Waals surface area contributed by atoms with Crippen LogP contribution in [0.2, 0.25) is 0 Å². The van der Waals surface area contributed by atoms with Crippen LogP contribution in [0, 0.1) is 13.7 Å². The lowest BCUT2D eigenvalue weighted by Gasteiger charge is -2.17. The van der Waals surface area contributed by atoms with Gasteiger partial charge in [-0.3, -0.25) is 14.9 Å². The van der Waals surface area contributed by atoms with E-state index in [1.807, 2.05) is 12.1 Å². The minimum atomic E-state index is -4.31. The molecule has 0 spiro atoms. The molecule has 138 valence electrons. The van der Waals surface area contributed by atoms with Crippen molar-refractivity contribution in [1.82, 2.24) is 4.72 Å². The van der Waals surface area contributed by atoms with Gasteiger partial charge in [-0.05, 0) is 52.8 Å². The highest BCUT2D eigenvalue weighted by Crippen LogP contribution is 2.23. The SMILES string of the molecule is COC(=O)[C@H](Cc1ccc(I)cc1)NS(=O)(=O)c1ccccc1[N+](=O)[O-]. The van der Waals surface area contributed by atoms with Crippen LogP contribution < -0.4 is 4.72 Å². The molecule has 0 saturated carbocycles. The van der Waals surface area contributed by atoms with Gasteiger partial charge in [0.05, 0.1) is 12.0 Å². The van der Waals surface area contributed by atoms with Gasteiger partial charge in [-0.2, -0.15) is 4.72 Å². The second-order valence-electron chi connectivity index (χ2n) is 5.25. The van der Waals surface area contributed by atoms with E-state index >= 15 is 0 Å². The molecule has 0 fully saturated rings. The average Bonchev–Trinajstić information content (AvgIpc) is 2.62. The van der Waals surface area contributed by atoms with Gasteiger partial charge in [0.25, 0.3) is 5.69 Å². The van der Waals surface area contributed by atoms with Crippen LogP contribution in [0.4, 0.5) is 5.69 Å². The number of nitrogens with one attached hydrogen (secondary N) is 1. The molecule has 0 aliphatic carbocycles. The standard InChI is InChI=1S/C16H15IN2O6S/c1-25-16(20)13(10-11-6-8-12(17)9-7-11)18-26(23,24)15-5-3-2-4-14(15)19(21)22/h2-9,13,18H,10H2,1H3/t13-/m0/s1. The van der Waals surface area contributed by atoms with Gasteiger partial charge in [-0.15, -0.1) is 0 Å². The topological polar surface area (TPSA) is 116 Å². The van der Waals surface area contributed by atoms with Crippen LogP contribution in [0.25, 0.3) is 0 Å². The van der Waals surface area contributed by atoms with E-state index in [1.54, 1.807) is 12.1 Å². The Hall–Kier alpha value is -2.05. The Morgan fingerprint density at radius 1 is 1.23 bits per heavy atom. The lowest BCUT2D eigenvalue weighted by Crippen LogP contribution is -2.43. The summed E-state index contributed by atoms with van der Waals surface area (Å²) in [5, 5.41) is 11.1. The summed E-state index contributed by atoms with van der Waals surface area (Å²) < 4.78 is 33.1. The summed E-state index contributed by atoms with van der Waals surface area (Å²) in [6.45, 7) is 0. The Kier molecular flexibility index (Phi) is 6.67. The molecular weight excluding hydrogens is 475 g/mol. The first-order valence-corrected chi connectivity index (χ1v) is 9.89. The van der Waals surface area contributed by atoms with Crippen molar-refractivity contribution in [3.63, 3.8) is 0 Å². The van der Waals surface area contributed by atoms with E-state index in [4.69, 9.17) is 0 Å². The molecule has 0 amide bonds. The quantitative estimate of drug-likeness (QED) is 0.276. The van der Waals surface area contributed by atoms with Crippen LogP contribution in [-0.2, 0) is 26.0 Å². The zero-order valence-electron chi connectivity index (χ0n) is 13.6. The van der Waals surface area contributed by atoms with E-state index in [1.165, 1.54) is 12.1 Å². The predicted octanol–water partition coefficient (Wildman–Crippen LogP) is 2.26. The van der Waals surface area contributed by atoms with Crippen molar-refractivity contribution in [2.45, 2.75) is 17.4 Å². The largest absolute Gasteiger partial charge is 0.468 e. The van der Waals surface area contributed by atoms with Gasteiger partial charge < -0.3 is 4.74 Å². The molecule has 8 nitrogen and oxygen atoms in total. The maximum atomic E-state index is 12.6. The number of carbonyl (C=O) groups excluding carboxylic acids is 1. The molecule has 0 aliphatic rings. The zero-order chi connectivity index (χ0) is 19.3. The van der Waals surface area contributed by atoms with Crippen molar-refractivity contribution >= 4 is 44.3 Å². The number of methoxy groups -OCH3 is 1. The Morgan fingerprint density at radius 2 is 1.85 bits per heavy atom. The summed E-state index contributed by atoms with van der Waals surface area (Å²) in [5.41, 5.74) is 0.143. The van der Waals surface area contributed by atoms with Gasteiger partial charge in [-0.1, -0.05) is 24.3 Å². The van der Waals surface area contributed by atoms with E-state index in [9.17, 15) is 23.3 Å². The number of nitro groups is 1. The fraction of sp³-hybridized carbons (Fsp3) is 0.188. The third-order valence-corrected chi connectivity index (χ3v) is 5.73. The van der Waals surface area contributed by atoms with Gasteiger partial charge >= 0.3 is 5.97 Å². The van der Waals surface area contributed by atoms with Crippen LogP contribution >= 0.6 is 22.6 Å². The molecule has 0 heterocycles. The molecule has 2 aromatic carbocycles. The molecule has 26 heavy (non-hydrogen) atoms. The lowest BCUT2D eigenvalue weighted by molar-refractivity contribution is -0.387. The molecule has 0 aromatic heterocycles. The van der Waals surface area contributed by atoms with Crippen LogP contribution in [0.1, 0.15) is 5.56 Å². The monoisotopic (exact) mass is 490 g/mol. The molecule has 10 heteroatoms. The Balaban J connectivity index is 2.34. The van der Waals surface area contributed by atoms with E-state index in [2.05, 4.69) is 32.0 Å². The molecule has 0 radical (unpaired) electrons. The van der Waals surface area contributed by atoms with Gasteiger partial charge in [0.15, 0.2) is 4.90 Å². The summed E-state index contributed by atoms with van der Waals surface area (Å²) in [7, 11) is -3.17. The second kappa shape index (κ2) is 8.56. The van der Waals surface area contributed by atoms with Gasteiger partial charge in [0, 0.05) is 9.64 Å². The Labute approximate surface area is 163 Å². The molecule has 0 unspecified atom stereocenters. The van der Waals surface area contributed by atoms with E-state index in [-0.39, 0.29) is 6.42 Å². The minimum Gasteiger partial charge on any atom is -0.468 e. The molecule has 2 aromatic rings. The Bertz CT molecular complexity index is 915. The Morgan fingerprint density at radius 3 is 2.42 bits per heavy atom. The third-order valence-electron chi connectivity index (χ3n) is 3.49. The van der Waals surface area contributed by atoms with Crippen LogP contribution in [0.15, 0.2) is 53.4 Å². The summed E-state index contributed by atoms with van der Waals surface area (Å²) in [4.78, 5) is 21.8. The summed E-state index contributed by atoms with van der Waals surface area (Å²) in [5.74, 6) is -0.786. The first-order chi connectivity index (χ1) is 12.2. The molecule has 1 atom stereocenters. The number of ether oxygens (including phenoxy) is 1. The number of para-hydroxylation sites is 1. The first-order valence-electron chi connectivity index (χ1n) is 7.32. The number of hydrogen-bond acceptors (Lipinski definition) is 6. The van der Waals surface area contributed by atoms with Crippen molar-refractivity contribution in [3.05, 3.63) is 67.8 Å². The number of nitrogens with zero attached hydrogens (tertiary/aromatic N) is 1. The first kappa shape index (κ1) is 20.3. The van der Waals surface area contributed by atoms with E-state index in [0.717, 1.165) is 22.8 Å². The van der Waals surface area contributed by atoms with Crippen LogP contribution in [-0.4, -0.2) is 32.5 Å². The van der Waals surface area contributed by atoms with Crippen molar-refractivity contribution < 1.29 is 22.9 Å².